The number of fused-ring (bicyclic) bond motifs is 1. The Labute approximate surface area is 121 Å². The molecule has 0 atom stereocenters. The maximum absolute atomic E-state index is 11.2. The van der Waals surface area contributed by atoms with Crippen LogP contribution in [0.25, 0.3) is 10.9 Å². The van der Waals surface area contributed by atoms with Gasteiger partial charge in [-0.2, -0.15) is 0 Å². The van der Waals surface area contributed by atoms with E-state index in [-0.39, 0.29) is 0 Å². The minimum atomic E-state index is 0.747. The maximum atomic E-state index is 11.2. The molecule has 2 aromatic rings. The van der Waals surface area contributed by atoms with Crippen molar-refractivity contribution in [2.45, 2.75) is 51.9 Å². The summed E-state index contributed by atoms with van der Waals surface area (Å²) < 4.78 is 0. The van der Waals surface area contributed by atoms with Crippen LogP contribution in [0.2, 0.25) is 0 Å². The molecule has 0 aliphatic heterocycles. The second kappa shape index (κ2) is 7.78. The smallest absolute Gasteiger partial charge is 0.151 e. The van der Waals surface area contributed by atoms with Crippen LogP contribution in [0.15, 0.2) is 30.3 Å². The Balaban J connectivity index is 1.99. The fourth-order valence-corrected chi connectivity index (χ4v) is 2.55. The topological polar surface area (TPSA) is 30.0 Å². The highest BCUT2D eigenvalue weighted by Gasteiger charge is 2.06. The van der Waals surface area contributed by atoms with E-state index < -0.39 is 0 Å². The second-order valence-electron chi connectivity index (χ2n) is 5.35. The van der Waals surface area contributed by atoms with Gasteiger partial charge in [-0.1, -0.05) is 57.2 Å². The van der Waals surface area contributed by atoms with Gasteiger partial charge in [-0.25, -0.2) is 0 Å². The van der Waals surface area contributed by atoms with Gasteiger partial charge in [0.05, 0.1) is 11.2 Å². The highest BCUT2D eigenvalue weighted by molar-refractivity contribution is 5.87. The van der Waals surface area contributed by atoms with E-state index in [0.717, 1.165) is 41.3 Å². The van der Waals surface area contributed by atoms with Crippen molar-refractivity contribution in [3.63, 3.8) is 0 Å². The van der Waals surface area contributed by atoms with Crippen LogP contribution in [0, 0.1) is 0 Å². The van der Waals surface area contributed by atoms with Crippen molar-refractivity contribution in [1.82, 2.24) is 4.98 Å². The van der Waals surface area contributed by atoms with Crippen LogP contribution in [0.3, 0.4) is 0 Å². The molecule has 0 N–H and O–H groups in total. The summed E-state index contributed by atoms with van der Waals surface area (Å²) >= 11 is 0. The van der Waals surface area contributed by atoms with Gasteiger partial charge < -0.3 is 0 Å². The standard InChI is InChI=1S/C18H23NO/c1-2-3-4-5-6-7-11-18-16(14-20)13-15-10-8-9-12-17(15)19-18/h8-10,12-14H,2-7,11H2,1H3. The molecule has 0 unspecified atom stereocenters. The summed E-state index contributed by atoms with van der Waals surface area (Å²) in [7, 11) is 0. The Bertz CT molecular complexity index is 562. The molecule has 0 amide bonds. The monoisotopic (exact) mass is 269 g/mol. The average Bonchev–Trinajstić information content (AvgIpc) is 2.50. The van der Waals surface area contributed by atoms with Crippen molar-refractivity contribution in [1.29, 1.82) is 0 Å². The van der Waals surface area contributed by atoms with E-state index in [1.54, 1.807) is 0 Å². The summed E-state index contributed by atoms with van der Waals surface area (Å²) in [6, 6.07) is 9.94. The van der Waals surface area contributed by atoms with Gasteiger partial charge in [0, 0.05) is 10.9 Å². The fourth-order valence-electron chi connectivity index (χ4n) is 2.55. The number of hydrogen-bond acceptors (Lipinski definition) is 2. The Morgan fingerprint density at radius 2 is 1.80 bits per heavy atom. The van der Waals surface area contributed by atoms with Gasteiger partial charge in [-0.3, -0.25) is 9.78 Å². The molecule has 0 saturated carbocycles. The Kier molecular flexibility index (Phi) is 5.72. The van der Waals surface area contributed by atoms with Gasteiger partial charge in [0.1, 0.15) is 0 Å². The molecule has 1 heterocycles. The Hall–Kier alpha value is -1.70. The molecule has 0 aliphatic rings. The number of aryl methyl sites for hydroxylation is 1. The number of unbranched alkanes of at least 4 members (excludes halogenated alkanes) is 5. The molecular formula is C18H23NO. The third-order valence-corrected chi connectivity index (χ3v) is 3.73. The lowest BCUT2D eigenvalue weighted by Gasteiger charge is -2.06. The van der Waals surface area contributed by atoms with Crippen LogP contribution >= 0.6 is 0 Å². The maximum Gasteiger partial charge on any atom is 0.151 e. The van der Waals surface area contributed by atoms with Crippen LogP contribution in [0.1, 0.15) is 61.5 Å². The molecule has 106 valence electrons. The number of benzene rings is 1. The first kappa shape index (κ1) is 14.7. The first-order valence-electron chi connectivity index (χ1n) is 7.69. The summed E-state index contributed by atoms with van der Waals surface area (Å²) in [5, 5.41) is 1.04. The highest BCUT2D eigenvalue weighted by Crippen LogP contribution is 2.17. The minimum absolute atomic E-state index is 0.747. The molecule has 2 heteroatoms. The van der Waals surface area contributed by atoms with Crippen molar-refractivity contribution in [3.8, 4) is 0 Å². The van der Waals surface area contributed by atoms with Gasteiger partial charge >= 0.3 is 0 Å². The zero-order valence-corrected chi connectivity index (χ0v) is 12.3. The Morgan fingerprint density at radius 1 is 1.05 bits per heavy atom. The lowest BCUT2D eigenvalue weighted by Crippen LogP contribution is -1.98. The van der Waals surface area contributed by atoms with E-state index in [9.17, 15) is 4.79 Å². The number of rotatable bonds is 8. The normalized spacial score (nSPS) is 10.8. The summed E-state index contributed by atoms with van der Waals surface area (Å²) in [4.78, 5) is 15.9. The largest absolute Gasteiger partial charge is 0.298 e. The lowest BCUT2D eigenvalue weighted by molar-refractivity contribution is 0.112. The number of para-hydroxylation sites is 1. The molecule has 2 nitrogen and oxygen atoms in total. The van der Waals surface area contributed by atoms with Crippen LogP contribution < -0.4 is 0 Å². The van der Waals surface area contributed by atoms with E-state index >= 15 is 0 Å². The predicted octanol–water partition coefficient (Wildman–Crippen LogP) is 4.95. The van der Waals surface area contributed by atoms with E-state index in [2.05, 4.69) is 11.9 Å². The van der Waals surface area contributed by atoms with E-state index in [1.165, 1.54) is 32.1 Å². The summed E-state index contributed by atoms with van der Waals surface area (Å²) in [6.07, 6.45) is 9.41. The number of aromatic nitrogens is 1. The van der Waals surface area contributed by atoms with Crippen LogP contribution in [0.5, 0.6) is 0 Å². The number of pyridine rings is 1. The third kappa shape index (κ3) is 3.89. The second-order valence-corrected chi connectivity index (χ2v) is 5.35. The SMILES string of the molecule is CCCCCCCCc1nc2ccccc2cc1C=O. The van der Waals surface area contributed by atoms with Gasteiger partial charge in [-0.15, -0.1) is 0 Å². The number of carbonyl (C=O) groups is 1. The number of nitrogens with zero attached hydrogens (tertiary/aromatic N) is 1. The quantitative estimate of drug-likeness (QED) is 0.501. The summed E-state index contributed by atoms with van der Waals surface area (Å²) in [5.74, 6) is 0. The van der Waals surface area contributed by atoms with Crippen LogP contribution in [0.4, 0.5) is 0 Å². The first-order valence-corrected chi connectivity index (χ1v) is 7.69. The molecule has 0 spiro atoms. The van der Waals surface area contributed by atoms with E-state index in [0.29, 0.717) is 0 Å². The molecule has 0 aliphatic carbocycles. The average molecular weight is 269 g/mol. The molecule has 0 radical (unpaired) electrons. The number of aldehydes is 1. The molecule has 0 fully saturated rings. The van der Waals surface area contributed by atoms with Gasteiger partial charge in [0.15, 0.2) is 6.29 Å². The van der Waals surface area contributed by atoms with Crippen molar-refractivity contribution < 1.29 is 4.79 Å². The lowest BCUT2D eigenvalue weighted by atomic mass is 10.0. The van der Waals surface area contributed by atoms with Gasteiger partial charge in [-0.05, 0) is 25.0 Å². The number of carbonyl (C=O) groups excluding carboxylic acids is 1. The molecule has 0 saturated heterocycles. The van der Waals surface area contributed by atoms with Crippen molar-refractivity contribution in [2.75, 3.05) is 0 Å². The third-order valence-electron chi connectivity index (χ3n) is 3.73. The number of hydrogen-bond donors (Lipinski definition) is 0. The predicted molar refractivity (Wildman–Crippen MR) is 84.2 cm³/mol. The highest BCUT2D eigenvalue weighted by atomic mass is 16.1. The first-order chi connectivity index (χ1) is 9.85. The molecule has 2 rings (SSSR count). The molecule has 20 heavy (non-hydrogen) atoms. The van der Waals surface area contributed by atoms with Crippen LogP contribution in [-0.2, 0) is 6.42 Å². The van der Waals surface area contributed by atoms with E-state index in [1.807, 2.05) is 30.3 Å². The Morgan fingerprint density at radius 3 is 2.60 bits per heavy atom. The molecular weight excluding hydrogens is 246 g/mol. The van der Waals surface area contributed by atoms with Crippen LogP contribution in [-0.4, -0.2) is 11.3 Å². The molecule has 0 bridgehead atoms. The van der Waals surface area contributed by atoms with Gasteiger partial charge in [0.25, 0.3) is 0 Å². The summed E-state index contributed by atoms with van der Waals surface area (Å²) in [6.45, 7) is 2.23. The fraction of sp³-hybridized carbons (Fsp3) is 0.444. The van der Waals surface area contributed by atoms with Crippen molar-refractivity contribution >= 4 is 17.2 Å². The van der Waals surface area contributed by atoms with Crippen molar-refractivity contribution in [3.05, 3.63) is 41.6 Å². The zero-order chi connectivity index (χ0) is 14.2. The van der Waals surface area contributed by atoms with Gasteiger partial charge in [0.2, 0.25) is 0 Å². The zero-order valence-electron chi connectivity index (χ0n) is 12.3. The molecule has 1 aromatic carbocycles. The molecule has 1 aromatic heterocycles. The minimum Gasteiger partial charge on any atom is -0.298 e. The summed E-state index contributed by atoms with van der Waals surface area (Å²) in [5.41, 5.74) is 2.69. The van der Waals surface area contributed by atoms with E-state index in [4.69, 9.17) is 0 Å². The van der Waals surface area contributed by atoms with Crippen molar-refractivity contribution in [2.24, 2.45) is 0 Å².